The monoisotopic (exact) mass is 556 g/mol. The number of carbonyl (C=O) groups excluding carboxylic acids is 2. The van der Waals surface area contributed by atoms with Crippen LogP contribution in [0.25, 0.3) is 22.3 Å². The molecule has 2 amide bonds. The lowest BCUT2D eigenvalue weighted by Gasteiger charge is -2.16. The van der Waals surface area contributed by atoms with Crippen LogP contribution in [0.4, 0.5) is 20.2 Å². The number of nitrogens with zero attached hydrogens (tertiary/aromatic N) is 3. The molecular weight excluding hydrogens is 534 g/mol. The molecule has 0 bridgehead atoms. The second kappa shape index (κ2) is 10.3. The summed E-state index contributed by atoms with van der Waals surface area (Å²) < 4.78 is 39.6. The van der Waals surface area contributed by atoms with Gasteiger partial charge in [-0.25, -0.2) is 18.7 Å². The van der Waals surface area contributed by atoms with E-state index in [1.807, 2.05) is 0 Å². The minimum absolute atomic E-state index is 0.0603. The van der Waals surface area contributed by atoms with E-state index in [-0.39, 0.29) is 11.6 Å². The van der Waals surface area contributed by atoms with Crippen LogP contribution in [0.15, 0.2) is 73.3 Å². The van der Waals surface area contributed by atoms with Gasteiger partial charge in [0, 0.05) is 41.8 Å². The zero-order valence-electron chi connectivity index (χ0n) is 21.6. The number of rotatable bonds is 8. The van der Waals surface area contributed by atoms with Gasteiger partial charge in [-0.2, -0.15) is 0 Å². The third kappa shape index (κ3) is 5.02. The fourth-order valence-electron chi connectivity index (χ4n) is 4.39. The first-order chi connectivity index (χ1) is 19.9. The molecule has 0 atom stereocenters. The van der Waals surface area contributed by atoms with E-state index in [1.165, 1.54) is 43.8 Å². The van der Waals surface area contributed by atoms with E-state index in [4.69, 9.17) is 9.47 Å². The molecule has 0 aliphatic heterocycles. The number of carbonyl (C=O) groups is 2. The van der Waals surface area contributed by atoms with E-state index < -0.39 is 28.9 Å². The van der Waals surface area contributed by atoms with Gasteiger partial charge in [0.15, 0.2) is 5.82 Å². The zero-order chi connectivity index (χ0) is 28.6. The largest absolute Gasteiger partial charge is 0.496 e. The molecule has 0 unspecified atom stereocenters. The molecule has 2 aromatic carbocycles. The summed E-state index contributed by atoms with van der Waals surface area (Å²) in [5, 5.41) is 5.76. The maximum atomic E-state index is 15.1. The number of nitrogens with one attached hydrogen (secondary N) is 3. The normalized spacial score (nSPS) is 13.4. The number of hydrogen-bond donors (Lipinski definition) is 3. The summed E-state index contributed by atoms with van der Waals surface area (Å²) in [6.07, 6.45) is 6.70. The van der Waals surface area contributed by atoms with Gasteiger partial charge in [-0.1, -0.05) is 0 Å². The van der Waals surface area contributed by atoms with Crippen molar-refractivity contribution in [3.8, 4) is 28.8 Å². The van der Waals surface area contributed by atoms with E-state index in [9.17, 15) is 14.0 Å². The molecular formula is C29H22F2N6O4. The number of benzene rings is 2. The molecule has 3 aromatic heterocycles. The molecule has 1 aliphatic rings. The van der Waals surface area contributed by atoms with Gasteiger partial charge in [-0.3, -0.25) is 14.6 Å². The Balaban J connectivity index is 1.20. The number of H-pyrrole nitrogens is 1. The van der Waals surface area contributed by atoms with E-state index in [0.717, 1.165) is 6.07 Å². The van der Waals surface area contributed by atoms with Crippen LogP contribution in [0.3, 0.4) is 0 Å². The Hall–Kier alpha value is -5.39. The molecule has 0 saturated heterocycles. The Morgan fingerprint density at radius 2 is 1.66 bits per heavy atom. The first-order valence-electron chi connectivity index (χ1n) is 12.5. The number of pyridine rings is 2. The van der Waals surface area contributed by atoms with Gasteiger partial charge in [0.25, 0.3) is 5.88 Å². The number of ether oxygens (including phenoxy) is 2. The van der Waals surface area contributed by atoms with Crippen molar-refractivity contribution in [2.24, 2.45) is 5.41 Å². The standard InChI is InChI=1S/C29H22F2N6O4/c1-40-24-14-22-19(13-20(24)25-33-10-11-34-25)23(6-9-32-22)41-26-21(31)12-18(15-35-26)37-28(39)29(7-8-29)27(38)36-17-4-2-16(30)3-5-17/h2-6,9-15H,7-8H2,1H3,(H,33,34)(H,36,38)(H,37,39). The van der Waals surface area contributed by atoms with Crippen LogP contribution in [0, 0.1) is 17.0 Å². The lowest BCUT2D eigenvalue weighted by Crippen LogP contribution is -2.35. The second-order valence-corrected chi connectivity index (χ2v) is 9.43. The molecule has 12 heteroatoms. The summed E-state index contributed by atoms with van der Waals surface area (Å²) in [4.78, 5) is 41.5. The Bertz CT molecular complexity index is 1770. The topological polar surface area (TPSA) is 131 Å². The summed E-state index contributed by atoms with van der Waals surface area (Å²) in [7, 11) is 1.54. The number of methoxy groups -OCH3 is 1. The van der Waals surface area contributed by atoms with Gasteiger partial charge in [-0.15, -0.1) is 0 Å². The van der Waals surface area contributed by atoms with Crippen molar-refractivity contribution in [2.45, 2.75) is 12.8 Å². The van der Waals surface area contributed by atoms with Gasteiger partial charge in [-0.05, 0) is 49.2 Å². The fourth-order valence-corrected chi connectivity index (χ4v) is 4.39. The van der Waals surface area contributed by atoms with Gasteiger partial charge in [0.1, 0.15) is 28.6 Å². The highest BCUT2D eigenvalue weighted by Crippen LogP contribution is 2.47. The van der Waals surface area contributed by atoms with Crippen molar-refractivity contribution in [3.63, 3.8) is 0 Å². The van der Waals surface area contributed by atoms with Crippen molar-refractivity contribution < 1.29 is 27.8 Å². The lowest BCUT2D eigenvalue weighted by molar-refractivity contribution is -0.131. The first-order valence-corrected chi connectivity index (χ1v) is 12.5. The van der Waals surface area contributed by atoms with E-state index in [0.29, 0.717) is 52.3 Å². The molecule has 1 fully saturated rings. The van der Waals surface area contributed by atoms with Crippen molar-refractivity contribution in [1.29, 1.82) is 0 Å². The van der Waals surface area contributed by atoms with Gasteiger partial charge >= 0.3 is 0 Å². The number of halogens is 2. The molecule has 41 heavy (non-hydrogen) atoms. The average Bonchev–Trinajstić information content (AvgIpc) is 3.62. The Kier molecular flexibility index (Phi) is 6.50. The fraction of sp³-hybridized carbons (Fsp3) is 0.138. The predicted octanol–water partition coefficient (Wildman–Crippen LogP) is 5.46. The number of fused-ring (bicyclic) bond motifs is 1. The van der Waals surface area contributed by atoms with Gasteiger partial charge < -0.3 is 25.1 Å². The molecule has 3 N–H and O–H groups in total. The molecule has 5 aromatic rings. The van der Waals surface area contributed by atoms with Crippen LogP contribution in [0.2, 0.25) is 0 Å². The molecule has 3 heterocycles. The van der Waals surface area contributed by atoms with Crippen molar-refractivity contribution in [2.75, 3.05) is 17.7 Å². The van der Waals surface area contributed by atoms with Gasteiger partial charge in [0.05, 0.1) is 30.1 Å². The van der Waals surface area contributed by atoms with E-state index >= 15 is 4.39 Å². The summed E-state index contributed by atoms with van der Waals surface area (Å²) >= 11 is 0. The molecule has 0 spiro atoms. The number of aromatic amines is 1. The molecule has 0 radical (unpaired) electrons. The summed E-state index contributed by atoms with van der Waals surface area (Å²) in [6, 6.07) is 11.4. The Morgan fingerprint density at radius 1 is 0.902 bits per heavy atom. The molecule has 6 rings (SSSR count). The van der Waals surface area contributed by atoms with Crippen molar-refractivity contribution in [1.82, 2.24) is 19.9 Å². The average molecular weight is 557 g/mol. The van der Waals surface area contributed by atoms with Crippen LogP contribution >= 0.6 is 0 Å². The zero-order valence-corrected chi connectivity index (χ0v) is 21.6. The molecule has 10 nitrogen and oxygen atoms in total. The smallest absolute Gasteiger partial charge is 0.256 e. The molecule has 206 valence electrons. The van der Waals surface area contributed by atoms with Gasteiger partial charge in [0.2, 0.25) is 11.8 Å². The van der Waals surface area contributed by atoms with Crippen LogP contribution in [0.1, 0.15) is 12.8 Å². The number of hydrogen-bond acceptors (Lipinski definition) is 7. The van der Waals surface area contributed by atoms with E-state index in [1.54, 1.807) is 30.6 Å². The van der Waals surface area contributed by atoms with Crippen LogP contribution in [-0.2, 0) is 9.59 Å². The highest BCUT2D eigenvalue weighted by Gasteiger charge is 2.56. The second-order valence-electron chi connectivity index (χ2n) is 9.43. The summed E-state index contributed by atoms with van der Waals surface area (Å²) in [6.45, 7) is 0. The number of amides is 2. The Labute approximate surface area is 231 Å². The SMILES string of the molecule is COc1cc2nccc(Oc3ncc(NC(=O)C4(C(=O)Nc5ccc(F)cc5)CC4)cc3F)c2cc1-c1ncc[nH]1. The maximum absolute atomic E-state index is 15.1. The minimum atomic E-state index is -1.30. The first kappa shape index (κ1) is 25.9. The third-order valence-electron chi connectivity index (χ3n) is 6.77. The van der Waals surface area contributed by atoms with Crippen molar-refractivity contribution >= 4 is 34.1 Å². The summed E-state index contributed by atoms with van der Waals surface area (Å²) in [5.74, 6) is -1.29. The van der Waals surface area contributed by atoms with Crippen molar-refractivity contribution in [3.05, 3.63) is 85.0 Å². The van der Waals surface area contributed by atoms with Crippen LogP contribution < -0.4 is 20.1 Å². The maximum Gasteiger partial charge on any atom is 0.256 e. The number of aromatic nitrogens is 4. The minimum Gasteiger partial charge on any atom is -0.496 e. The highest BCUT2D eigenvalue weighted by atomic mass is 19.1. The van der Waals surface area contributed by atoms with E-state index in [2.05, 4.69) is 30.6 Å². The predicted molar refractivity (Wildman–Crippen MR) is 145 cm³/mol. The Morgan fingerprint density at radius 3 is 2.32 bits per heavy atom. The number of anilines is 2. The third-order valence-corrected chi connectivity index (χ3v) is 6.77. The number of imidazole rings is 1. The molecule has 1 saturated carbocycles. The summed E-state index contributed by atoms with van der Waals surface area (Å²) in [5.41, 5.74) is 0.329. The molecule has 1 aliphatic carbocycles. The quantitative estimate of drug-likeness (QED) is 0.217. The highest BCUT2D eigenvalue weighted by molar-refractivity contribution is 6.16. The lowest BCUT2D eigenvalue weighted by atomic mass is 10.0. The van der Waals surface area contributed by atoms with Crippen LogP contribution in [0.5, 0.6) is 17.4 Å². The van der Waals surface area contributed by atoms with Crippen LogP contribution in [-0.4, -0.2) is 38.9 Å².